The van der Waals surface area contributed by atoms with Gasteiger partial charge in [0, 0.05) is 5.92 Å². The fourth-order valence-corrected chi connectivity index (χ4v) is 4.35. The molecule has 4 rings (SSSR count). The summed E-state index contributed by atoms with van der Waals surface area (Å²) in [5, 5.41) is 9.46. The van der Waals surface area contributed by atoms with Crippen LogP contribution < -0.4 is 4.74 Å². The third kappa shape index (κ3) is 4.06. The highest BCUT2D eigenvalue weighted by molar-refractivity contribution is 5.71. The van der Waals surface area contributed by atoms with Gasteiger partial charge < -0.3 is 9.84 Å². The zero-order valence-corrected chi connectivity index (χ0v) is 16.4. The van der Waals surface area contributed by atoms with Gasteiger partial charge in [-0.1, -0.05) is 36.8 Å². The van der Waals surface area contributed by atoms with Crippen LogP contribution in [0.25, 0.3) is 0 Å². The van der Waals surface area contributed by atoms with Gasteiger partial charge in [0.15, 0.2) is 0 Å². The summed E-state index contributed by atoms with van der Waals surface area (Å²) < 4.78 is 20.1. The summed E-state index contributed by atoms with van der Waals surface area (Å²) in [6, 6.07) is 13.2. The van der Waals surface area contributed by atoms with E-state index < -0.39 is 11.9 Å². The number of halogens is 1. The SMILES string of the molecule is Cc1ccc(F)c([C@H]2C[C@@H]2COc2cccc([C@H](C3CC3)[C@H](C)C(=O)O)c2)c1. The second-order valence-corrected chi connectivity index (χ2v) is 8.50. The normalized spacial score (nSPS) is 23.1. The molecule has 0 aromatic heterocycles. The van der Waals surface area contributed by atoms with Crippen LogP contribution in [0.3, 0.4) is 0 Å². The van der Waals surface area contributed by atoms with Crippen LogP contribution in [0.5, 0.6) is 5.75 Å². The van der Waals surface area contributed by atoms with Crippen molar-refractivity contribution in [1.29, 1.82) is 0 Å². The van der Waals surface area contributed by atoms with Gasteiger partial charge in [0.05, 0.1) is 12.5 Å². The number of hydrogen-bond donors (Lipinski definition) is 1. The molecule has 0 spiro atoms. The smallest absolute Gasteiger partial charge is 0.306 e. The molecule has 0 heterocycles. The number of ether oxygens (including phenoxy) is 1. The van der Waals surface area contributed by atoms with E-state index in [0.29, 0.717) is 18.4 Å². The van der Waals surface area contributed by atoms with Gasteiger partial charge in [-0.3, -0.25) is 4.79 Å². The average molecular weight is 382 g/mol. The Bertz CT molecular complexity index is 874. The van der Waals surface area contributed by atoms with Gasteiger partial charge in [-0.05, 0) is 73.3 Å². The van der Waals surface area contributed by atoms with Crippen LogP contribution in [0.15, 0.2) is 42.5 Å². The highest BCUT2D eigenvalue weighted by Crippen LogP contribution is 2.49. The maximum Gasteiger partial charge on any atom is 0.306 e. The predicted molar refractivity (Wildman–Crippen MR) is 106 cm³/mol. The lowest BCUT2D eigenvalue weighted by molar-refractivity contribution is -0.142. The Kier molecular flexibility index (Phi) is 5.13. The summed E-state index contributed by atoms with van der Waals surface area (Å²) >= 11 is 0. The van der Waals surface area contributed by atoms with Crippen molar-refractivity contribution in [2.45, 2.75) is 44.9 Å². The number of carboxylic acid groups (broad SMARTS) is 1. The van der Waals surface area contributed by atoms with E-state index in [4.69, 9.17) is 4.74 Å². The van der Waals surface area contributed by atoms with Gasteiger partial charge in [0.1, 0.15) is 11.6 Å². The van der Waals surface area contributed by atoms with Crippen molar-refractivity contribution in [2.24, 2.45) is 17.8 Å². The van der Waals surface area contributed by atoms with E-state index in [9.17, 15) is 14.3 Å². The minimum Gasteiger partial charge on any atom is -0.493 e. The van der Waals surface area contributed by atoms with Gasteiger partial charge >= 0.3 is 5.97 Å². The molecule has 0 bridgehead atoms. The topological polar surface area (TPSA) is 46.5 Å². The van der Waals surface area contributed by atoms with Gasteiger partial charge in [-0.2, -0.15) is 0 Å². The maximum atomic E-state index is 14.1. The van der Waals surface area contributed by atoms with Crippen molar-refractivity contribution in [2.75, 3.05) is 6.61 Å². The Morgan fingerprint density at radius 1 is 1.25 bits per heavy atom. The van der Waals surface area contributed by atoms with Crippen molar-refractivity contribution < 1.29 is 19.0 Å². The summed E-state index contributed by atoms with van der Waals surface area (Å²) in [7, 11) is 0. The summed E-state index contributed by atoms with van der Waals surface area (Å²) in [4.78, 5) is 11.5. The van der Waals surface area contributed by atoms with Crippen molar-refractivity contribution in [3.8, 4) is 5.75 Å². The summed E-state index contributed by atoms with van der Waals surface area (Å²) in [5.41, 5.74) is 2.92. The third-order valence-electron chi connectivity index (χ3n) is 6.24. The van der Waals surface area contributed by atoms with Crippen molar-refractivity contribution in [3.63, 3.8) is 0 Å². The quantitative estimate of drug-likeness (QED) is 0.653. The lowest BCUT2D eigenvalue weighted by atomic mass is 9.83. The van der Waals surface area contributed by atoms with Crippen LogP contribution in [0.4, 0.5) is 4.39 Å². The lowest BCUT2D eigenvalue weighted by Gasteiger charge is -2.21. The number of hydrogen-bond acceptors (Lipinski definition) is 2. The second kappa shape index (κ2) is 7.57. The molecule has 0 saturated heterocycles. The summed E-state index contributed by atoms with van der Waals surface area (Å²) in [6.07, 6.45) is 3.14. The van der Waals surface area contributed by atoms with E-state index >= 15 is 0 Å². The molecule has 0 unspecified atom stereocenters. The second-order valence-electron chi connectivity index (χ2n) is 8.50. The molecule has 2 fully saturated rings. The molecule has 2 saturated carbocycles. The molecule has 3 nitrogen and oxygen atoms in total. The third-order valence-corrected chi connectivity index (χ3v) is 6.24. The lowest BCUT2D eigenvalue weighted by Crippen LogP contribution is -2.20. The van der Waals surface area contributed by atoms with Crippen LogP contribution in [-0.2, 0) is 4.79 Å². The highest BCUT2D eigenvalue weighted by Gasteiger charge is 2.41. The Labute approximate surface area is 165 Å². The van der Waals surface area contributed by atoms with E-state index in [1.165, 1.54) is 0 Å². The van der Waals surface area contributed by atoms with Crippen molar-refractivity contribution >= 4 is 5.97 Å². The fourth-order valence-electron chi connectivity index (χ4n) is 4.35. The number of aryl methyl sites for hydroxylation is 1. The maximum absolute atomic E-state index is 14.1. The number of benzene rings is 2. The molecule has 0 radical (unpaired) electrons. The highest BCUT2D eigenvalue weighted by atomic mass is 19.1. The first kappa shape index (κ1) is 19.0. The Hall–Kier alpha value is -2.36. The van der Waals surface area contributed by atoms with Gasteiger partial charge in [-0.25, -0.2) is 4.39 Å². The molecular formula is C24H27FO3. The molecule has 2 aliphatic rings. The minimum atomic E-state index is -0.746. The van der Waals surface area contributed by atoms with Crippen LogP contribution in [0, 0.1) is 30.5 Å². The number of rotatable bonds is 8. The molecule has 2 aromatic rings. The molecule has 2 aromatic carbocycles. The first-order valence-electron chi connectivity index (χ1n) is 10.2. The minimum absolute atomic E-state index is 0.0381. The standard InChI is InChI=1S/C24H27FO3/c1-14-6-9-22(25)21(10-14)20-12-18(20)13-28-19-5-3-4-17(11-19)23(16-7-8-16)15(2)24(26)27/h3-6,9-11,15-16,18,20,23H,7-8,12-13H2,1-2H3,(H,26,27)/t15-,18+,20-,23-/m0/s1. The first-order valence-corrected chi connectivity index (χ1v) is 10.2. The average Bonchev–Trinajstić information content (AvgIpc) is 3.58. The van der Waals surface area contributed by atoms with Crippen molar-refractivity contribution in [3.05, 3.63) is 65.0 Å². The van der Waals surface area contributed by atoms with Crippen LogP contribution >= 0.6 is 0 Å². The van der Waals surface area contributed by atoms with E-state index in [1.807, 2.05) is 37.3 Å². The van der Waals surface area contributed by atoms with Gasteiger partial charge in [-0.15, -0.1) is 0 Å². The molecular weight excluding hydrogens is 355 g/mol. The summed E-state index contributed by atoms with van der Waals surface area (Å²) in [5.74, 6) is 0.552. The molecule has 0 amide bonds. The molecule has 148 valence electrons. The van der Waals surface area contributed by atoms with E-state index in [2.05, 4.69) is 0 Å². The molecule has 4 atom stereocenters. The van der Waals surface area contributed by atoms with Crippen LogP contribution in [0.2, 0.25) is 0 Å². The zero-order chi connectivity index (χ0) is 19.8. The monoisotopic (exact) mass is 382 g/mol. The first-order chi connectivity index (χ1) is 13.4. The Morgan fingerprint density at radius 3 is 2.75 bits per heavy atom. The molecule has 1 N–H and O–H groups in total. The fraction of sp³-hybridized carbons (Fsp3) is 0.458. The van der Waals surface area contributed by atoms with E-state index in [-0.39, 0.29) is 17.7 Å². The van der Waals surface area contributed by atoms with E-state index in [1.54, 1.807) is 19.1 Å². The van der Waals surface area contributed by atoms with Gasteiger partial charge in [0.25, 0.3) is 0 Å². The predicted octanol–water partition coefficient (Wildman–Crippen LogP) is 5.53. The number of aliphatic carboxylic acids is 1. The van der Waals surface area contributed by atoms with Gasteiger partial charge in [0.2, 0.25) is 0 Å². The zero-order valence-electron chi connectivity index (χ0n) is 16.4. The molecule has 2 aliphatic carbocycles. The van der Waals surface area contributed by atoms with Crippen LogP contribution in [-0.4, -0.2) is 17.7 Å². The van der Waals surface area contributed by atoms with Crippen molar-refractivity contribution in [1.82, 2.24) is 0 Å². The Balaban J connectivity index is 1.41. The molecule has 4 heteroatoms. The Morgan fingerprint density at radius 2 is 2.04 bits per heavy atom. The number of carboxylic acids is 1. The van der Waals surface area contributed by atoms with E-state index in [0.717, 1.165) is 41.7 Å². The molecule has 28 heavy (non-hydrogen) atoms. The van der Waals surface area contributed by atoms with Crippen LogP contribution in [0.1, 0.15) is 54.7 Å². The molecule has 0 aliphatic heterocycles. The number of carbonyl (C=O) groups is 1. The summed E-state index contributed by atoms with van der Waals surface area (Å²) in [6.45, 7) is 4.34. The largest absolute Gasteiger partial charge is 0.493 e.